The van der Waals surface area contributed by atoms with Crippen molar-refractivity contribution in [3.05, 3.63) is 29.8 Å². The Hall–Kier alpha value is -2.16. The summed E-state index contributed by atoms with van der Waals surface area (Å²) >= 11 is 0. The molecule has 0 spiro atoms. The molecule has 1 heterocycles. The molecule has 0 bridgehead atoms. The SMILES string of the molecule is C#CCC1CCN(C(=O)Oc2cccc(C(F)(F)F)c2)CC1. The number of ether oxygens (including phenoxy) is 1. The number of terminal acetylenes is 1. The number of halogens is 3. The lowest BCUT2D eigenvalue weighted by Gasteiger charge is -2.30. The number of carbonyl (C=O) groups is 1. The lowest BCUT2D eigenvalue weighted by atomic mass is 9.94. The molecule has 1 saturated heterocycles. The number of hydrogen-bond donors (Lipinski definition) is 0. The molecule has 3 nitrogen and oxygen atoms in total. The molecule has 1 aromatic rings. The average molecular weight is 311 g/mol. The molecule has 6 heteroatoms. The van der Waals surface area contributed by atoms with Crippen LogP contribution < -0.4 is 4.74 Å². The fourth-order valence-corrected chi connectivity index (χ4v) is 2.39. The number of nitrogens with zero attached hydrogens (tertiary/aromatic N) is 1. The second-order valence-electron chi connectivity index (χ2n) is 5.23. The van der Waals surface area contributed by atoms with Gasteiger partial charge in [0.1, 0.15) is 5.75 Å². The normalized spacial score (nSPS) is 16.2. The number of benzene rings is 1. The van der Waals surface area contributed by atoms with Gasteiger partial charge in [0.05, 0.1) is 5.56 Å². The average Bonchev–Trinajstić information content (AvgIpc) is 2.48. The predicted octanol–water partition coefficient (Wildman–Crippen LogP) is 3.94. The minimum absolute atomic E-state index is 0.106. The zero-order chi connectivity index (χ0) is 16.2. The zero-order valence-corrected chi connectivity index (χ0v) is 11.9. The van der Waals surface area contributed by atoms with Crippen molar-refractivity contribution in [1.82, 2.24) is 4.90 Å². The van der Waals surface area contributed by atoms with Crippen LogP contribution in [0.15, 0.2) is 24.3 Å². The summed E-state index contributed by atoms with van der Waals surface area (Å²) in [6.07, 6.45) is 2.41. The molecule has 0 N–H and O–H groups in total. The summed E-state index contributed by atoms with van der Waals surface area (Å²) < 4.78 is 42.9. The minimum atomic E-state index is -4.46. The number of amides is 1. The van der Waals surface area contributed by atoms with E-state index in [-0.39, 0.29) is 5.75 Å². The number of rotatable bonds is 2. The zero-order valence-electron chi connectivity index (χ0n) is 11.9. The Morgan fingerprint density at radius 1 is 1.36 bits per heavy atom. The molecule has 1 aliphatic rings. The third-order valence-corrected chi connectivity index (χ3v) is 3.65. The van der Waals surface area contributed by atoms with Crippen LogP contribution in [-0.4, -0.2) is 24.1 Å². The van der Waals surface area contributed by atoms with Crippen LogP contribution in [0.5, 0.6) is 5.75 Å². The molecule has 0 radical (unpaired) electrons. The number of alkyl halides is 3. The first-order chi connectivity index (χ1) is 10.4. The summed E-state index contributed by atoms with van der Waals surface area (Å²) in [4.78, 5) is 13.5. The smallest absolute Gasteiger partial charge is 0.410 e. The number of hydrogen-bond acceptors (Lipinski definition) is 2. The largest absolute Gasteiger partial charge is 0.416 e. The minimum Gasteiger partial charge on any atom is -0.410 e. The summed E-state index contributed by atoms with van der Waals surface area (Å²) in [5.41, 5.74) is -0.842. The highest BCUT2D eigenvalue weighted by Gasteiger charge is 2.31. The number of carbonyl (C=O) groups excluding carboxylic acids is 1. The Morgan fingerprint density at radius 3 is 2.64 bits per heavy atom. The van der Waals surface area contributed by atoms with Crippen molar-refractivity contribution in [2.24, 2.45) is 5.92 Å². The van der Waals surface area contributed by atoms with Crippen LogP contribution in [0.25, 0.3) is 0 Å². The summed E-state index contributed by atoms with van der Waals surface area (Å²) in [5, 5.41) is 0. The molecule has 0 unspecified atom stereocenters. The van der Waals surface area contributed by atoms with Gasteiger partial charge in [0.25, 0.3) is 0 Å². The van der Waals surface area contributed by atoms with Crippen LogP contribution in [0.2, 0.25) is 0 Å². The fraction of sp³-hybridized carbons (Fsp3) is 0.438. The summed E-state index contributed by atoms with van der Waals surface area (Å²) in [5.74, 6) is 2.89. The molecular formula is C16H16F3NO2. The van der Waals surface area contributed by atoms with Gasteiger partial charge in [0.15, 0.2) is 0 Å². The van der Waals surface area contributed by atoms with Crippen LogP contribution in [0.1, 0.15) is 24.8 Å². The maximum Gasteiger partial charge on any atom is 0.416 e. The van der Waals surface area contributed by atoms with Crippen molar-refractivity contribution in [3.8, 4) is 18.1 Å². The van der Waals surface area contributed by atoms with Gasteiger partial charge in [-0.1, -0.05) is 6.07 Å². The standard InChI is InChI=1S/C16H16F3NO2/c1-2-4-12-7-9-20(10-8-12)15(21)22-14-6-3-5-13(11-14)16(17,18)19/h1,3,5-6,11-12H,4,7-10H2. The molecular weight excluding hydrogens is 295 g/mol. The lowest BCUT2D eigenvalue weighted by molar-refractivity contribution is -0.137. The Kier molecular flexibility index (Phi) is 4.96. The van der Waals surface area contributed by atoms with E-state index in [1.54, 1.807) is 0 Å². The Bertz CT molecular complexity index is 569. The fourth-order valence-electron chi connectivity index (χ4n) is 2.39. The highest BCUT2D eigenvalue weighted by atomic mass is 19.4. The van der Waals surface area contributed by atoms with Crippen LogP contribution in [-0.2, 0) is 6.18 Å². The maximum absolute atomic E-state index is 12.6. The van der Waals surface area contributed by atoms with Crippen LogP contribution >= 0.6 is 0 Å². The van der Waals surface area contributed by atoms with E-state index in [0.29, 0.717) is 25.4 Å². The van der Waals surface area contributed by atoms with Gasteiger partial charge in [0, 0.05) is 19.5 Å². The van der Waals surface area contributed by atoms with Crippen molar-refractivity contribution in [2.45, 2.75) is 25.4 Å². The van der Waals surface area contributed by atoms with Gasteiger partial charge in [-0.15, -0.1) is 12.3 Å². The maximum atomic E-state index is 12.6. The van der Waals surface area contributed by atoms with Crippen molar-refractivity contribution in [3.63, 3.8) is 0 Å². The van der Waals surface area contributed by atoms with Crippen molar-refractivity contribution in [2.75, 3.05) is 13.1 Å². The Morgan fingerprint density at radius 2 is 2.05 bits per heavy atom. The third kappa shape index (κ3) is 4.17. The van der Waals surface area contributed by atoms with Crippen LogP contribution in [0.4, 0.5) is 18.0 Å². The molecule has 0 aliphatic carbocycles. The Balaban J connectivity index is 1.94. The molecule has 1 fully saturated rings. The van der Waals surface area contributed by atoms with E-state index < -0.39 is 17.8 Å². The van der Waals surface area contributed by atoms with E-state index >= 15 is 0 Å². The van der Waals surface area contributed by atoms with Crippen molar-refractivity contribution >= 4 is 6.09 Å². The molecule has 2 rings (SSSR count). The van der Waals surface area contributed by atoms with E-state index in [2.05, 4.69) is 5.92 Å². The van der Waals surface area contributed by atoms with Crippen LogP contribution in [0, 0.1) is 18.3 Å². The van der Waals surface area contributed by atoms with Crippen LogP contribution in [0.3, 0.4) is 0 Å². The molecule has 0 atom stereocenters. The summed E-state index contributed by atoms with van der Waals surface area (Å²) in [6, 6.07) is 4.30. The second kappa shape index (κ2) is 6.73. The monoisotopic (exact) mass is 311 g/mol. The third-order valence-electron chi connectivity index (χ3n) is 3.65. The molecule has 22 heavy (non-hydrogen) atoms. The quantitative estimate of drug-likeness (QED) is 0.774. The second-order valence-corrected chi connectivity index (χ2v) is 5.23. The lowest BCUT2D eigenvalue weighted by Crippen LogP contribution is -2.40. The first-order valence-electron chi connectivity index (χ1n) is 6.97. The molecule has 1 aliphatic heterocycles. The van der Waals surface area contributed by atoms with E-state index in [1.165, 1.54) is 17.0 Å². The van der Waals surface area contributed by atoms with Crippen molar-refractivity contribution in [1.29, 1.82) is 0 Å². The summed E-state index contributed by atoms with van der Waals surface area (Å²) in [7, 11) is 0. The summed E-state index contributed by atoms with van der Waals surface area (Å²) in [6.45, 7) is 1.01. The first kappa shape index (κ1) is 16.2. The highest BCUT2D eigenvalue weighted by molar-refractivity contribution is 5.70. The molecule has 0 aromatic heterocycles. The Labute approximate surface area is 127 Å². The van der Waals surface area contributed by atoms with Gasteiger partial charge in [-0.25, -0.2) is 4.79 Å². The van der Waals surface area contributed by atoms with Gasteiger partial charge in [0.2, 0.25) is 0 Å². The van der Waals surface area contributed by atoms with E-state index in [9.17, 15) is 18.0 Å². The molecule has 0 saturated carbocycles. The topological polar surface area (TPSA) is 29.5 Å². The molecule has 1 amide bonds. The van der Waals surface area contributed by atoms with Crippen molar-refractivity contribution < 1.29 is 22.7 Å². The molecule has 1 aromatic carbocycles. The van der Waals surface area contributed by atoms with E-state index in [1.807, 2.05) is 0 Å². The highest BCUT2D eigenvalue weighted by Crippen LogP contribution is 2.31. The van der Waals surface area contributed by atoms with Gasteiger partial charge in [-0.2, -0.15) is 13.2 Å². The van der Waals surface area contributed by atoms with Gasteiger partial charge in [-0.3, -0.25) is 0 Å². The predicted molar refractivity (Wildman–Crippen MR) is 75.2 cm³/mol. The first-order valence-corrected chi connectivity index (χ1v) is 6.97. The van der Waals surface area contributed by atoms with E-state index in [4.69, 9.17) is 11.2 Å². The van der Waals surface area contributed by atoms with Gasteiger partial charge < -0.3 is 9.64 Å². The number of piperidine rings is 1. The van der Waals surface area contributed by atoms with Gasteiger partial charge in [-0.05, 0) is 37.0 Å². The van der Waals surface area contributed by atoms with Gasteiger partial charge >= 0.3 is 12.3 Å². The van der Waals surface area contributed by atoms with E-state index in [0.717, 1.165) is 25.0 Å². The number of likely N-dealkylation sites (tertiary alicyclic amines) is 1. The molecule has 118 valence electrons.